The van der Waals surface area contributed by atoms with Crippen LogP contribution < -0.4 is 5.48 Å². The molecule has 16 heavy (non-hydrogen) atoms. The molecule has 1 atom stereocenters. The molecule has 0 bridgehead atoms. The molecule has 1 N–H and O–H groups in total. The van der Waals surface area contributed by atoms with Crippen LogP contribution in [0, 0.1) is 5.92 Å². The molecule has 0 aromatic carbocycles. The monoisotopic (exact) mass is 233 g/mol. The van der Waals surface area contributed by atoms with E-state index in [4.69, 9.17) is 9.57 Å². The van der Waals surface area contributed by atoms with Crippen molar-refractivity contribution < 1.29 is 23.9 Å². The van der Waals surface area contributed by atoms with Crippen LogP contribution in [0.25, 0.3) is 0 Å². The number of amides is 1. The van der Waals surface area contributed by atoms with Crippen molar-refractivity contribution in [2.75, 3.05) is 13.7 Å². The highest BCUT2D eigenvalue weighted by atomic mass is 16.7. The molecule has 0 aliphatic carbocycles. The predicted octanol–water partition coefficient (Wildman–Crippen LogP) is 1.25. The maximum atomic E-state index is 11.1. The fourth-order valence-electron chi connectivity index (χ4n) is 0.794. The minimum Gasteiger partial charge on any atom is -0.469 e. The lowest BCUT2D eigenvalue weighted by molar-refractivity contribution is -0.148. The van der Waals surface area contributed by atoms with Gasteiger partial charge in [0, 0.05) is 0 Å². The number of carbonyl (C=O) groups excluding carboxylic acids is 2. The number of carbonyl (C=O) groups is 2. The van der Waals surface area contributed by atoms with Gasteiger partial charge in [0.1, 0.15) is 5.60 Å². The first-order valence-electron chi connectivity index (χ1n) is 4.95. The van der Waals surface area contributed by atoms with E-state index in [1.165, 1.54) is 7.11 Å². The van der Waals surface area contributed by atoms with Crippen LogP contribution >= 0.6 is 0 Å². The molecule has 0 aliphatic rings. The third-order valence-corrected chi connectivity index (χ3v) is 1.49. The summed E-state index contributed by atoms with van der Waals surface area (Å²) in [6.07, 6.45) is -0.690. The molecule has 0 saturated heterocycles. The SMILES string of the molecule is COC(=O)C(C)CONC(=O)OC(C)(C)C. The van der Waals surface area contributed by atoms with Crippen molar-refractivity contribution in [3.63, 3.8) is 0 Å². The molecule has 0 spiro atoms. The van der Waals surface area contributed by atoms with Crippen LogP contribution in [0.2, 0.25) is 0 Å². The van der Waals surface area contributed by atoms with E-state index in [1.807, 2.05) is 0 Å². The molecule has 6 nitrogen and oxygen atoms in total. The van der Waals surface area contributed by atoms with Gasteiger partial charge >= 0.3 is 12.1 Å². The van der Waals surface area contributed by atoms with Crippen molar-refractivity contribution in [1.82, 2.24) is 5.48 Å². The second-order valence-electron chi connectivity index (χ2n) is 4.34. The Balaban J connectivity index is 3.74. The fourth-order valence-corrected chi connectivity index (χ4v) is 0.794. The highest BCUT2D eigenvalue weighted by molar-refractivity contribution is 5.72. The highest BCUT2D eigenvalue weighted by Gasteiger charge is 2.17. The summed E-state index contributed by atoms with van der Waals surface area (Å²) in [6.45, 7) is 6.88. The van der Waals surface area contributed by atoms with E-state index < -0.39 is 23.6 Å². The summed E-state index contributed by atoms with van der Waals surface area (Å²) < 4.78 is 9.40. The van der Waals surface area contributed by atoms with Crippen LogP contribution in [0.15, 0.2) is 0 Å². The van der Waals surface area contributed by atoms with Gasteiger partial charge in [-0.1, -0.05) is 0 Å². The van der Waals surface area contributed by atoms with Gasteiger partial charge in [-0.25, -0.2) is 4.79 Å². The minimum atomic E-state index is -0.690. The van der Waals surface area contributed by atoms with Crippen LogP contribution in [0.4, 0.5) is 4.79 Å². The van der Waals surface area contributed by atoms with Gasteiger partial charge in [-0.3, -0.25) is 9.63 Å². The van der Waals surface area contributed by atoms with Gasteiger partial charge in [0.25, 0.3) is 0 Å². The molecule has 0 rings (SSSR count). The quantitative estimate of drug-likeness (QED) is 0.584. The van der Waals surface area contributed by atoms with Gasteiger partial charge in [0.2, 0.25) is 0 Å². The normalized spacial score (nSPS) is 12.8. The number of rotatable bonds is 4. The smallest absolute Gasteiger partial charge is 0.431 e. The average molecular weight is 233 g/mol. The highest BCUT2D eigenvalue weighted by Crippen LogP contribution is 2.06. The van der Waals surface area contributed by atoms with E-state index in [0.717, 1.165) is 0 Å². The van der Waals surface area contributed by atoms with Gasteiger partial charge in [-0.15, -0.1) is 0 Å². The fraction of sp³-hybridized carbons (Fsp3) is 0.800. The number of hydroxylamine groups is 1. The van der Waals surface area contributed by atoms with E-state index in [2.05, 4.69) is 10.2 Å². The summed E-state index contributed by atoms with van der Waals surface area (Å²) in [5, 5.41) is 0. The number of nitrogens with one attached hydrogen (secondary N) is 1. The van der Waals surface area contributed by atoms with E-state index in [9.17, 15) is 9.59 Å². The van der Waals surface area contributed by atoms with E-state index >= 15 is 0 Å². The summed E-state index contributed by atoms with van der Waals surface area (Å²) in [4.78, 5) is 26.9. The van der Waals surface area contributed by atoms with Crippen LogP contribution in [0.1, 0.15) is 27.7 Å². The Labute approximate surface area is 95.2 Å². The van der Waals surface area contributed by atoms with Gasteiger partial charge in [-0.05, 0) is 27.7 Å². The van der Waals surface area contributed by atoms with Gasteiger partial charge in [0.15, 0.2) is 0 Å². The Hall–Kier alpha value is -1.30. The zero-order chi connectivity index (χ0) is 12.8. The number of hydrogen-bond donors (Lipinski definition) is 1. The minimum absolute atomic E-state index is 0.0336. The molecule has 0 aromatic rings. The van der Waals surface area contributed by atoms with Crippen LogP contribution in [-0.2, 0) is 19.1 Å². The molecular formula is C10H19NO5. The van der Waals surface area contributed by atoms with Crippen molar-refractivity contribution in [1.29, 1.82) is 0 Å². The molecule has 0 aliphatic heterocycles. The first-order valence-corrected chi connectivity index (χ1v) is 4.95. The standard InChI is InChI=1S/C10H19NO5/c1-7(8(12)14-5)6-15-11-9(13)16-10(2,3)4/h7H,6H2,1-5H3,(H,11,13). The Kier molecular flexibility index (Phi) is 5.81. The van der Waals surface area contributed by atoms with E-state index in [0.29, 0.717) is 0 Å². The molecule has 6 heteroatoms. The topological polar surface area (TPSA) is 73.9 Å². The Morgan fingerprint density at radius 2 is 1.88 bits per heavy atom. The van der Waals surface area contributed by atoms with Gasteiger partial charge < -0.3 is 9.47 Å². The van der Waals surface area contributed by atoms with Crippen molar-refractivity contribution in [2.45, 2.75) is 33.3 Å². The summed E-state index contributed by atoms with van der Waals surface area (Å²) in [5.74, 6) is -0.842. The number of ether oxygens (including phenoxy) is 2. The Bertz CT molecular complexity index is 246. The summed E-state index contributed by atoms with van der Waals surface area (Å²) in [7, 11) is 1.29. The largest absolute Gasteiger partial charge is 0.469 e. The molecule has 1 unspecified atom stereocenters. The zero-order valence-electron chi connectivity index (χ0n) is 10.3. The third kappa shape index (κ3) is 7.05. The summed E-state index contributed by atoms with van der Waals surface area (Å²) in [5.41, 5.74) is 1.50. The lowest BCUT2D eigenvalue weighted by Crippen LogP contribution is -2.34. The van der Waals surface area contributed by atoms with Gasteiger partial charge in [0.05, 0.1) is 19.6 Å². The number of esters is 1. The van der Waals surface area contributed by atoms with Crippen molar-refractivity contribution >= 4 is 12.1 Å². The lowest BCUT2D eigenvalue weighted by Gasteiger charge is -2.19. The zero-order valence-corrected chi connectivity index (χ0v) is 10.3. The maximum Gasteiger partial charge on any atom is 0.431 e. The predicted molar refractivity (Wildman–Crippen MR) is 56.5 cm³/mol. The molecule has 0 aromatic heterocycles. The van der Waals surface area contributed by atoms with Crippen molar-refractivity contribution in [3.8, 4) is 0 Å². The number of hydrogen-bond acceptors (Lipinski definition) is 5. The Morgan fingerprint density at radius 3 is 2.31 bits per heavy atom. The van der Waals surface area contributed by atoms with E-state index in [1.54, 1.807) is 27.7 Å². The van der Waals surface area contributed by atoms with Crippen molar-refractivity contribution in [2.24, 2.45) is 5.92 Å². The maximum absolute atomic E-state index is 11.1. The second-order valence-corrected chi connectivity index (χ2v) is 4.34. The first kappa shape index (κ1) is 14.7. The van der Waals surface area contributed by atoms with Crippen LogP contribution in [0.3, 0.4) is 0 Å². The number of methoxy groups -OCH3 is 1. The molecule has 0 fully saturated rings. The van der Waals surface area contributed by atoms with Crippen LogP contribution in [0.5, 0.6) is 0 Å². The lowest BCUT2D eigenvalue weighted by atomic mass is 10.2. The molecule has 94 valence electrons. The third-order valence-electron chi connectivity index (χ3n) is 1.49. The molecule has 0 radical (unpaired) electrons. The molecular weight excluding hydrogens is 214 g/mol. The molecule has 1 amide bonds. The summed E-state index contributed by atoms with van der Waals surface area (Å²) >= 11 is 0. The van der Waals surface area contributed by atoms with Crippen molar-refractivity contribution in [3.05, 3.63) is 0 Å². The van der Waals surface area contributed by atoms with Gasteiger partial charge in [-0.2, -0.15) is 5.48 Å². The Morgan fingerprint density at radius 1 is 1.31 bits per heavy atom. The van der Waals surface area contributed by atoms with Crippen LogP contribution in [-0.4, -0.2) is 31.4 Å². The molecule has 0 heterocycles. The average Bonchev–Trinajstić information content (AvgIpc) is 2.13. The first-order chi connectivity index (χ1) is 7.26. The van der Waals surface area contributed by atoms with E-state index in [-0.39, 0.29) is 6.61 Å². The second kappa shape index (κ2) is 6.32. The summed E-state index contributed by atoms with van der Waals surface area (Å²) in [6, 6.07) is 0. The molecule has 0 saturated carbocycles.